The van der Waals surface area contributed by atoms with Gasteiger partial charge >= 0.3 is 6.03 Å². The molecule has 30 heavy (non-hydrogen) atoms. The highest BCUT2D eigenvalue weighted by atomic mass is 19.1. The topological polar surface area (TPSA) is 48.9 Å². The van der Waals surface area contributed by atoms with Crippen LogP contribution in [-0.2, 0) is 0 Å². The Labute approximate surface area is 174 Å². The number of aromatic nitrogens is 1. The normalized spacial score (nSPS) is 21.6. The minimum Gasteiger partial charge on any atom is -0.486 e. The molecule has 2 amide bonds. The molecule has 158 valence electrons. The molecular formula is C22H24F2N4O2. The van der Waals surface area contributed by atoms with Crippen molar-refractivity contribution in [2.24, 2.45) is 5.41 Å². The maximum absolute atomic E-state index is 13.6. The summed E-state index contributed by atoms with van der Waals surface area (Å²) >= 11 is 0. The molecule has 2 saturated heterocycles. The van der Waals surface area contributed by atoms with E-state index in [0.29, 0.717) is 24.5 Å². The summed E-state index contributed by atoms with van der Waals surface area (Å²) in [5.74, 6) is 0.821. The molecule has 3 aliphatic rings. The van der Waals surface area contributed by atoms with Crippen LogP contribution >= 0.6 is 0 Å². The van der Waals surface area contributed by atoms with Gasteiger partial charge in [-0.15, -0.1) is 0 Å². The fourth-order valence-corrected chi connectivity index (χ4v) is 4.62. The van der Waals surface area contributed by atoms with Gasteiger partial charge in [-0.2, -0.15) is 0 Å². The Morgan fingerprint density at radius 1 is 1.23 bits per heavy atom. The summed E-state index contributed by atoms with van der Waals surface area (Å²) in [6.45, 7) is 4.84. The van der Waals surface area contributed by atoms with Crippen molar-refractivity contribution < 1.29 is 18.3 Å². The summed E-state index contributed by atoms with van der Waals surface area (Å²) in [5, 5.41) is 0. The molecule has 8 heteroatoms. The molecule has 1 atom stereocenters. The van der Waals surface area contributed by atoms with Crippen LogP contribution in [0.15, 0.2) is 36.5 Å². The van der Waals surface area contributed by atoms with Crippen LogP contribution < -0.4 is 14.5 Å². The number of carbonyl (C=O) groups excluding carboxylic acids is 1. The maximum Gasteiger partial charge on any atom is 0.324 e. The van der Waals surface area contributed by atoms with Gasteiger partial charge in [0.05, 0.1) is 18.9 Å². The van der Waals surface area contributed by atoms with Gasteiger partial charge < -0.3 is 14.5 Å². The molecule has 5 rings (SSSR count). The van der Waals surface area contributed by atoms with Crippen molar-refractivity contribution in [3.05, 3.63) is 47.9 Å². The van der Waals surface area contributed by atoms with E-state index in [1.165, 1.54) is 12.1 Å². The van der Waals surface area contributed by atoms with Crippen LogP contribution in [0.3, 0.4) is 0 Å². The second-order valence-corrected chi connectivity index (χ2v) is 8.63. The molecule has 0 bridgehead atoms. The van der Waals surface area contributed by atoms with E-state index < -0.39 is 18.6 Å². The average molecular weight is 414 g/mol. The summed E-state index contributed by atoms with van der Waals surface area (Å²) < 4.78 is 32.2. The van der Waals surface area contributed by atoms with E-state index in [9.17, 15) is 13.6 Å². The molecule has 1 aromatic carbocycles. The van der Waals surface area contributed by atoms with Gasteiger partial charge in [-0.05, 0) is 30.7 Å². The number of nitrogens with zero attached hydrogens (tertiary/aromatic N) is 4. The Hall–Kier alpha value is -2.90. The second kappa shape index (κ2) is 7.11. The number of urea groups is 1. The number of hydrogen-bond donors (Lipinski definition) is 0. The van der Waals surface area contributed by atoms with Gasteiger partial charge in [0.15, 0.2) is 0 Å². The minimum atomic E-state index is -0.549. The molecular weight excluding hydrogens is 390 g/mol. The predicted molar refractivity (Wildman–Crippen MR) is 109 cm³/mol. The Morgan fingerprint density at radius 2 is 2.03 bits per heavy atom. The Kier molecular flexibility index (Phi) is 4.52. The molecule has 4 heterocycles. The lowest BCUT2D eigenvalue weighted by Crippen LogP contribution is -2.74. The van der Waals surface area contributed by atoms with Crippen LogP contribution in [0.25, 0.3) is 0 Å². The Bertz CT molecular complexity index is 954. The third-order valence-corrected chi connectivity index (χ3v) is 6.15. The Morgan fingerprint density at radius 3 is 2.73 bits per heavy atom. The number of carbonyl (C=O) groups is 1. The highest BCUT2D eigenvalue weighted by Crippen LogP contribution is 2.43. The molecule has 1 unspecified atom stereocenters. The van der Waals surface area contributed by atoms with E-state index in [1.807, 2.05) is 24.1 Å². The number of anilines is 2. The monoisotopic (exact) mass is 414 g/mol. The fourth-order valence-electron chi connectivity index (χ4n) is 4.62. The summed E-state index contributed by atoms with van der Waals surface area (Å²) in [6.07, 6.45) is 1.56. The number of hydrogen-bond acceptors (Lipinski definition) is 4. The smallest absolute Gasteiger partial charge is 0.324 e. The molecule has 0 saturated carbocycles. The fraction of sp³-hybridized carbons (Fsp3) is 0.455. The quantitative estimate of drug-likeness (QED) is 0.773. The van der Waals surface area contributed by atoms with Crippen molar-refractivity contribution in [2.45, 2.75) is 19.4 Å². The van der Waals surface area contributed by atoms with Gasteiger partial charge in [-0.3, -0.25) is 9.29 Å². The number of halogens is 2. The molecule has 0 radical (unpaired) electrons. The molecule has 3 aliphatic heterocycles. The summed E-state index contributed by atoms with van der Waals surface area (Å²) in [7, 11) is 0. The first-order chi connectivity index (χ1) is 14.5. The van der Waals surface area contributed by atoms with E-state index >= 15 is 0 Å². The van der Waals surface area contributed by atoms with Gasteiger partial charge in [-0.1, -0.05) is 6.07 Å². The van der Waals surface area contributed by atoms with Gasteiger partial charge in [-0.25, -0.2) is 14.2 Å². The zero-order chi connectivity index (χ0) is 20.9. The first-order valence-electron chi connectivity index (χ1n) is 10.2. The number of ether oxygens (including phenoxy) is 1. The number of fused-ring (bicyclic) bond motifs is 1. The van der Waals surface area contributed by atoms with Gasteiger partial charge in [0.2, 0.25) is 0 Å². The van der Waals surface area contributed by atoms with Crippen LogP contribution in [0.4, 0.5) is 25.1 Å². The van der Waals surface area contributed by atoms with Crippen molar-refractivity contribution in [2.75, 3.05) is 49.2 Å². The molecule has 2 fully saturated rings. The first kappa shape index (κ1) is 19.1. The number of pyridine rings is 1. The maximum atomic E-state index is 13.6. The van der Waals surface area contributed by atoms with Crippen LogP contribution in [0.2, 0.25) is 0 Å². The lowest BCUT2D eigenvalue weighted by atomic mass is 9.73. The summed E-state index contributed by atoms with van der Waals surface area (Å²) in [4.78, 5) is 23.3. The number of aryl methyl sites for hydroxylation is 1. The molecule has 0 N–H and O–H groups in total. The predicted octanol–water partition coefficient (Wildman–Crippen LogP) is 3.40. The van der Waals surface area contributed by atoms with Crippen molar-refractivity contribution in [1.82, 2.24) is 9.88 Å². The average Bonchev–Trinajstić information content (AvgIpc) is 2.66. The number of benzene rings is 1. The molecule has 0 aliphatic carbocycles. The second-order valence-electron chi connectivity index (χ2n) is 8.63. The van der Waals surface area contributed by atoms with Crippen LogP contribution in [0.1, 0.15) is 12.0 Å². The molecule has 1 spiro atoms. The van der Waals surface area contributed by atoms with Crippen molar-refractivity contribution in [1.29, 1.82) is 0 Å². The number of likely N-dealkylation sites (tertiary alicyclic amines) is 1. The van der Waals surface area contributed by atoms with E-state index in [2.05, 4.69) is 16.0 Å². The third kappa shape index (κ3) is 3.24. The van der Waals surface area contributed by atoms with E-state index in [0.717, 1.165) is 24.5 Å². The lowest BCUT2D eigenvalue weighted by molar-refractivity contribution is 0.00866. The zero-order valence-electron chi connectivity index (χ0n) is 16.9. The number of rotatable bonds is 3. The highest BCUT2D eigenvalue weighted by molar-refractivity contribution is 5.95. The van der Waals surface area contributed by atoms with Gasteiger partial charge in [0, 0.05) is 50.3 Å². The molecule has 2 aromatic rings. The number of alkyl halides is 1. The van der Waals surface area contributed by atoms with Gasteiger partial charge in [0.1, 0.15) is 23.5 Å². The molecule has 1 aromatic heterocycles. The first-order valence-corrected chi connectivity index (χ1v) is 10.2. The van der Waals surface area contributed by atoms with Crippen LogP contribution in [-0.4, -0.2) is 61.4 Å². The number of amides is 2. The highest BCUT2D eigenvalue weighted by Gasteiger charge is 2.54. The molecule has 6 nitrogen and oxygen atoms in total. The van der Waals surface area contributed by atoms with Crippen molar-refractivity contribution in [3.8, 4) is 5.75 Å². The van der Waals surface area contributed by atoms with Gasteiger partial charge in [0.25, 0.3) is 0 Å². The summed E-state index contributed by atoms with van der Waals surface area (Å²) in [5.41, 5.74) is 1.78. The Balaban J connectivity index is 1.25. The standard InChI is InChI=1S/C22H24F2N4O2/c1-15-2-5-20(25-9-15)26-11-22(12-26)13-27(14-22)21(29)28-10-17(6-7-23)30-19-8-16(24)3-4-18(19)28/h2-5,8-9,17H,6-7,10-14H2,1H3. The minimum absolute atomic E-state index is 0.110. The van der Waals surface area contributed by atoms with E-state index in [-0.39, 0.29) is 24.4 Å². The van der Waals surface area contributed by atoms with E-state index in [1.54, 1.807) is 11.0 Å². The van der Waals surface area contributed by atoms with Crippen molar-refractivity contribution in [3.63, 3.8) is 0 Å². The lowest BCUT2D eigenvalue weighted by Gasteiger charge is -2.61. The SMILES string of the molecule is Cc1ccc(N2CC3(CN(C(=O)N4CC(CCF)Oc5cc(F)ccc54)C3)C2)nc1. The third-order valence-electron chi connectivity index (χ3n) is 6.15. The largest absolute Gasteiger partial charge is 0.486 e. The van der Waals surface area contributed by atoms with Crippen LogP contribution in [0, 0.1) is 18.2 Å². The van der Waals surface area contributed by atoms with Crippen LogP contribution in [0.5, 0.6) is 5.75 Å². The zero-order valence-corrected chi connectivity index (χ0v) is 16.9. The summed E-state index contributed by atoms with van der Waals surface area (Å²) in [6, 6.07) is 8.07. The van der Waals surface area contributed by atoms with Crippen molar-refractivity contribution >= 4 is 17.5 Å². The van der Waals surface area contributed by atoms with E-state index in [4.69, 9.17) is 4.74 Å².